The number of rotatable bonds is 10. The van der Waals surface area contributed by atoms with E-state index in [0.717, 1.165) is 43.2 Å². The predicted octanol–water partition coefficient (Wildman–Crippen LogP) is 6.43. The zero-order chi connectivity index (χ0) is 23.0. The molecule has 0 saturated heterocycles. The summed E-state index contributed by atoms with van der Waals surface area (Å²) in [6, 6.07) is 1.66. The molecule has 1 heterocycles. The van der Waals surface area contributed by atoms with Gasteiger partial charge in [0, 0.05) is 18.6 Å². The van der Waals surface area contributed by atoms with E-state index < -0.39 is 17.5 Å². The van der Waals surface area contributed by atoms with Crippen LogP contribution in [0.1, 0.15) is 95.1 Å². The molecule has 1 aliphatic rings. The van der Waals surface area contributed by atoms with Crippen LogP contribution in [0.2, 0.25) is 0 Å². The molecule has 0 aliphatic carbocycles. The molecule has 170 valence electrons. The highest BCUT2D eigenvalue weighted by atomic mass is 16.5. The standard InChI is InChI=1S/C26H36O5/c1-7-9-10-13-21-20-14-16-26(6,15-11-12-18(3)4)31-22(20)17-23(30-19(5)27)24(21)25(28)29-8-2/h12,14,16-17H,7-11,13,15H2,1-6H3. The molecule has 5 nitrogen and oxygen atoms in total. The lowest BCUT2D eigenvalue weighted by atomic mass is 9.89. The Hall–Kier alpha value is -2.56. The molecule has 0 amide bonds. The van der Waals surface area contributed by atoms with Gasteiger partial charge in [0.2, 0.25) is 0 Å². The van der Waals surface area contributed by atoms with Crippen LogP contribution in [0.4, 0.5) is 0 Å². The van der Waals surface area contributed by atoms with Crippen LogP contribution >= 0.6 is 0 Å². The van der Waals surface area contributed by atoms with Crippen LogP contribution in [0.25, 0.3) is 6.08 Å². The van der Waals surface area contributed by atoms with E-state index in [-0.39, 0.29) is 12.4 Å². The van der Waals surface area contributed by atoms with Crippen molar-refractivity contribution in [2.45, 2.75) is 85.7 Å². The normalized spacial score (nSPS) is 16.8. The van der Waals surface area contributed by atoms with E-state index in [9.17, 15) is 9.59 Å². The summed E-state index contributed by atoms with van der Waals surface area (Å²) in [5.41, 5.74) is 2.82. The summed E-state index contributed by atoms with van der Waals surface area (Å²) in [6.07, 6.45) is 11.7. The molecule has 0 saturated carbocycles. The maximum Gasteiger partial charge on any atom is 0.342 e. The molecule has 1 aromatic carbocycles. The van der Waals surface area contributed by atoms with Gasteiger partial charge in [0.1, 0.15) is 22.7 Å². The van der Waals surface area contributed by atoms with Gasteiger partial charge in [-0.2, -0.15) is 0 Å². The molecule has 0 spiro atoms. The highest BCUT2D eigenvalue weighted by Gasteiger charge is 2.32. The molecular weight excluding hydrogens is 392 g/mol. The maximum atomic E-state index is 12.8. The highest BCUT2D eigenvalue weighted by Crippen LogP contribution is 2.42. The second-order valence-corrected chi connectivity index (χ2v) is 8.48. The number of ether oxygens (including phenoxy) is 3. The third-order valence-corrected chi connectivity index (χ3v) is 5.30. The predicted molar refractivity (Wildman–Crippen MR) is 124 cm³/mol. The van der Waals surface area contributed by atoms with Gasteiger partial charge in [-0.1, -0.05) is 37.5 Å². The van der Waals surface area contributed by atoms with Gasteiger partial charge in [-0.3, -0.25) is 4.79 Å². The lowest BCUT2D eigenvalue weighted by Crippen LogP contribution is -2.32. The van der Waals surface area contributed by atoms with E-state index in [4.69, 9.17) is 14.2 Å². The van der Waals surface area contributed by atoms with Gasteiger partial charge >= 0.3 is 11.9 Å². The van der Waals surface area contributed by atoms with Crippen LogP contribution in [-0.2, 0) is 16.0 Å². The minimum absolute atomic E-state index is 0.207. The fraction of sp³-hybridized carbons (Fsp3) is 0.538. The van der Waals surface area contributed by atoms with Crippen molar-refractivity contribution in [3.8, 4) is 11.5 Å². The minimum atomic E-state index is -0.484. The zero-order valence-electron chi connectivity index (χ0n) is 19.8. The lowest BCUT2D eigenvalue weighted by molar-refractivity contribution is -0.131. The number of allylic oxidation sites excluding steroid dienone is 2. The first-order valence-corrected chi connectivity index (χ1v) is 11.3. The van der Waals surface area contributed by atoms with Crippen LogP contribution in [0.15, 0.2) is 23.8 Å². The van der Waals surface area contributed by atoms with Crippen LogP contribution in [-0.4, -0.2) is 24.1 Å². The number of hydrogen-bond acceptors (Lipinski definition) is 5. The van der Waals surface area contributed by atoms with Gasteiger partial charge in [0.15, 0.2) is 0 Å². The number of carbonyl (C=O) groups excluding carboxylic acids is 2. The second-order valence-electron chi connectivity index (χ2n) is 8.48. The Labute approximate surface area is 186 Å². The summed E-state index contributed by atoms with van der Waals surface area (Å²) in [5.74, 6) is -0.114. The largest absolute Gasteiger partial charge is 0.483 e. The summed E-state index contributed by atoms with van der Waals surface area (Å²) in [6.45, 7) is 11.7. The molecule has 2 rings (SSSR count). The minimum Gasteiger partial charge on any atom is -0.483 e. The average Bonchev–Trinajstić information content (AvgIpc) is 2.67. The fourth-order valence-electron chi connectivity index (χ4n) is 3.77. The molecule has 0 bridgehead atoms. The number of hydrogen-bond donors (Lipinski definition) is 0. The van der Waals surface area contributed by atoms with Crippen LogP contribution in [0.3, 0.4) is 0 Å². The first kappa shape index (κ1) is 24.7. The Morgan fingerprint density at radius 1 is 1.16 bits per heavy atom. The van der Waals surface area contributed by atoms with Crippen LogP contribution < -0.4 is 9.47 Å². The van der Waals surface area contributed by atoms with Crippen molar-refractivity contribution in [3.05, 3.63) is 40.5 Å². The van der Waals surface area contributed by atoms with Gasteiger partial charge < -0.3 is 14.2 Å². The van der Waals surface area contributed by atoms with Crippen LogP contribution in [0.5, 0.6) is 11.5 Å². The first-order valence-electron chi connectivity index (χ1n) is 11.3. The summed E-state index contributed by atoms with van der Waals surface area (Å²) in [4.78, 5) is 24.6. The van der Waals surface area contributed by atoms with Gasteiger partial charge in [-0.05, 0) is 65.0 Å². The Bertz CT molecular complexity index is 861. The van der Waals surface area contributed by atoms with Crippen molar-refractivity contribution in [3.63, 3.8) is 0 Å². The molecule has 1 aromatic rings. The topological polar surface area (TPSA) is 61.8 Å². The summed E-state index contributed by atoms with van der Waals surface area (Å²) < 4.78 is 17.2. The molecule has 0 N–H and O–H groups in total. The Balaban J connectivity index is 2.54. The van der Waals surface area contributed by atoms with E-state index >= 15 is 0 Å². The molecule has 1 aliphatic heterocycles. The lowest BCUT2D eigenvalue weighted by Gasteiger charge is -2.33. The quantitative estimate of drug-likeness (QED) is 0.186. The van der Waals surface area contributed by atoms with E-state index in [1.807, 2.05) is 13.0 Å². The SMILES string of the molecule is CCCCCc1c2c(cc(OC(C)=O)c1C(=O)OCC)OC(C)(CCC=C(C)C)C=C2. The molecule has 5 heteroatoms. The Kier molecular flexibility index (Phi) is 8.90. The number of carbonyl (C=O) groups is 2. The number of benzene rings is 1. The van der Waals surface area contributed by atoms with Gasteiger partial charge in [0.05, 0.1) is 6.61 Å². The molecular formula is C26H36O5. The van der Waals surface area contributed by atoms with Gasteiger partial charge in [-0.15, -0.1) is 0 Å². The van der Waals surface area contributed by atoms with Crippen molar-refractivity contribution >= 4 is 18.0 Å². The first-order chi connectivity index (χ1) is 14.7. The molecule has 0 radical (unpaired) electrons. The summed E-state index contributed by atoms with van der Waals surface area (Å²) >= 11 is 0. The number of esters is 2. The fourth-order valence-corrected chi connectivity index (χ4v) is 3.77. The Morgan fingerprint density at radius 3 is 2.52 bits per heavy atom. The van der Waals surface area contributed by atoms with E-state index in [1.165, 1.54) is 12.5 Å². The molecule has 1 unspecified atom stereocenters. The van der Waals surface area contributed by atoms with Crippen LogP contribution in [0, 0.1) is 0 Å². The Morgan fingerprint density at radius 2 is 1.90 bits per heavy atom. The van der Waals surface area contributed by atoms with Crippen molar-refractivity contribution in [1.82, 2.24) is 0 Å². The van der Waals surface area contributed by atoms with Crippen molar-refractivity contribution in [2.24, 2.45) is 0 Å². The number of fused-ring (bicyclic) bond motifs is 1. The molecule has 1 atom stereocenters. The zero-order valence-corrected chi connectivity index (χ0v) is 19.8. The molecule has 0 fully saturated rings. The smallest absolute Gasteiger partial charge is 0.342 e. The van der Waals surface area contributed by atoms with Gasteiger partial charge in [0.25, 0.3) is 0 Å². The highest BCUT2D eigenvalue weighted by molar-refractivity contribution is 5.97. The van der Waals surface area contributed by atoms with E-state index in [2.05, 4.69) is 32.9 Å². The third-order valence-electron chi connectivity index (χ3n) is 5.30. The van der Waals surface area contributed by atoms with Crippen molar-refractivity contribution < 1.29 is 23.8 Å². The number of unbranched alkanes of at least 4 members (excludes halogenated alkanes) is 2. The monoisotopic (exact) mass is 428 g/mol. The molecule has 0 aromatic heterocycles. The second kappa shape index (κ2) is 11.2. The van der Waals surface area contributed by atoms with E-state index in [0.29, 0.717) is 17.7 Å². The van der Waals surface area contributed by atoms with E-state index in [1.54, 1.807) is 13.0 Å². The van der Waals surface area contributed by atoms with Gasteiger partial charge in [-0.25, -0.2) is 4.79 Å². The summed E-state index contributed by atoms with van der Waals surface area (Å²) in [7, 11) is 0. The average molecular weight is 429 g/mol. The maximum absolute atomic E-state index is 12.8. The van der Waals surface area contributed by atoms with Crippen molar-refractivity contribution in [1.29, 1.82) is 0 Å². The van der Waals surface area contributed by atoms with Crippen molar-refractivity contribution in [2.75, 3.05) is 6.61 Å². The molecule has 31 heavy (non-hydrogen) atoms. The third kappa shape index (κ3) is 6.71. The summed E-state index contributed by atoms with van der Waals surface area (Å²) in [5, 5.41) is 0.